The quantitative estimate of drug-likeness (QED) is 0.690. The van der Waals surface area contributed by atoms with Gasteiger partial charge in [-0.15, -0.1) is 0 Å². The van der Waals surface area contributed by atoms with Gasteiger partial charge < -0.3 is 5.32 Å². The molecule has 0 aliphatic rings. The van der Waals surface area contributed by atoms with E-state index >= 15 is 0 Å². The van der Waals surface area contributed by atoms with Crippen molar-refractivity contribution in [2.45, 2.75) is 78.9 Å². The van der Waals surface area contributed by atoms with E-state index in [4.69, 9.17) is 11.6 Å². The molecule has 110 valence electrons. The van der Waals surface area contributed by atoms with Crippen molar-refractivity contribution in [1.29, 1.82) is 0 Å². The van der Waals surface area contributed by atoms with Gasteiger partial charge >= 0.3 is 0 Å². The summed E-state index contributed by atoms with van der Waals surface area (Å²) in [5.74, 6) is 0. The van der Waals surface area contributed by atoms with Crippen LogP contribution in [0.15, 0.2) is 0 Å². The zero-order valence-electron chi connectivity index (χ0n) is 12.8. The predicted octanol–water partition coefficient (Wildman–Crippen LogP) is 4.18. The van der Waals surface area contributed by atoms with Crippen LogP contribution in [-0.4, -0.2) is 15.8 Å². The molecule has 0 radical (unpaired) electrons. The largest absolute Gasteiger partial charge is 0.309 e. The molecular formula is C15H28ClN3. The summed E-state index contributed by atoms with van der Waals surface area (Å²) in [6.45, 7) is 10.4. The second kappa shape index (κ2) is 8.60. The monoisotopic (exact) mass is 285 g/mol. The van der Waals surface area contributed by atoms with E-state index in [1.165, 1.54) is 25.7 Å². The van der Waals surface area contributed by atoms with Crippen LogP contribution in [-0.2, 0) is 19.5 Å². The van der Waals surface area contributed by atoms with Gasteiger partial charge in [0, 0.05) is 19.1 Å². The SMILES string of the molecule is CCCCCC(C)NCc1c(Cl)c(CC)nn1CC. The number of nitrogens with zero attached hydrogens (tertiary/aromatic N) is 2. The van der Waals surface area contributed by atoms with E-state index in [2.05, 4.69) is 38.1 Å². The minimum absolute atomic E-state index is 0.535. The summed E-state index contributed by atoms with van der Waals surface area (Å²) in [6.07, 6.45) is 6.02. The van der Waals surface area contributed by atoms with Crippen LogP contribution in [0.4, 0.5) is 0 Å². The number of rotatable bonds is 9. The Hall–Kier alpha value is -0.540. The Kier molecular flexibility index (Phi) is 7.47. The Morgan fingerprint density at radius 1 is 1.26 bits per heavy atom. The second-order valence-electron chi connectivity index (χ2n) is 5.15. The molecule has 1 atom stereocenters. The summed E-state index contributed by atoms with van der Waals surface area (Å²) in [4.78, 5) is 0. The normalized spacial score (nSPS) is 12.9. The minimum atomic E-state index is 0.535. The first kappa shape index (κ1) is 16.5. The highest BCUT2D eigenvalue weighted by Gasteiger charge is 2.14. The molecule has 1 rings (SSSR count). The van der Waals surface area contributed by atoms with Gasteiger partial charge in [0.1, 0.15) is 0 Å². The van der Waals surface area contributed by atoms with Crippen LogP contribution in [0, 0.1) is 0 Å². The minimum Gasteiger partial charge on any atom is -0.309 e. The second-order valence-corrected chi connectivity index (χ2v) is 5.53. The van der Waals surface area contributed by atoms with Gasteiger partial charge in [-0.2, -0.15) is 5.10 Å². The predicted molar refractivity (Wildman–Crippen MR) is 82.7 cm³/mol. The lowest BCUT2D eigenvalue weighted by molar-refractivity contribution is 0.472. The first-order valence-corrected chi connectivity index (χ1v) is 7.99. The summed E-state index contributed by atoms with van der Waals surface area (Å²) in [7, 11) is 0. The molecule has 1 aromatic heterocycles. The van der Waals surface area contributed by atoms with Crippen LogP contribution >= 0.6 is 11.6 Å². The lowest BCUT2D eigenvalue weighted by Crippen LogP contribution is -2.26. The molecule has 4 heteroatoms. The van der Waals surface area contributed by atoms with Gasteiger partial charge in [-0.25, -0.2) is 0 Å². The van der Waals surface area contributed by atoms with Crippen LogP contribution in [0.25, 0.3) is 0 Å². The molecule has 1 heterocycles. The highest BCUT2D eigenvalue weighted by molar-refractivity contribution is 6.31. The Balaban J connectivity index is 2.54. The fourth-order valence-corrected chi connectivity index (χ4v) is 2.60. The molecule has 0 spiro atoms. The molecule has 0 aliphatic heterocycles. The van der Waals surface area contributed by atoms with Gasteiger partial charge in [0.15, 0.2) is 0 Å². The van der Waals surface area contributed by atoms with Gasteiger partial charge in [-0.05, 0) is 26.7 Å². The van der Waals surface area contributed by atoms with Gasteiger partial charge in [0.25, 0.3) is 0 Å². The first-order chi connectivity index (χ1) is 9.13. The van der Waals surface area contributed by atoms with Crippen molar-refractivity contribution in [3.63, 3.8) is 0 Å². The van der Waals surface area contributed by atoms with Crippen LogP contribution < -0.4 is 5.32 Å². The average molecular weight is 286 g/mol. The van der Waals surface area contributed by atoms with E-state index in [9.17, 15) is 0 Å². The Labute approximate surface area is 122 Å². The Morgan fingerprint density at radius 3 is 2.58 bits per heavy atom. The summed E-state index contributed by atoms with van der Waals surface area (Å²) in [6, 6.07) is 0.535. The van der Waals surface area contributed by atoms with Crippen LogP contribution in [0.1, 0.15) is 64.8 Å². The van der Waals surface area contributed by atoms with E-state index in [0.29, 0.717) is 6.04 Å². The molecule has 0 saturated heterocycles. The smallest absolute Gasteiger partial charge is 0.0863 e. The van der Waals surface area contributed by atoms with Crippen LogP contribution in [0.2, 0.25) is 5.02 Å². The van der Waals surface area contributed by atoms with E-state index in [1.807, 2.05) is 4.68 Å². The third-order valence-corrected chi connectivity index (χ3v) is 3.99. The van der Waals surface area contributed by atoms with E-state index in [0.717, 1.165) is 35.9 Å². The molecule has 19 heavy (non-hydrogen) atoms. The highest BCUT2D eigenvalue weighted by atomic mass is 35.5. The fourth-order valence-electron chi connectivity index (χ4n) is 2.26. The van der Waals surface area contributed by atoms with E-state index < -0.39 is 0 Å². The molecule has 0 aromatic carbocycles. The van der Waals surface area contributed by atoms with Gasteiger partial charge in [-0.1, -0.05) is 44.7 Å². The van der Waals surface area contributed by atoms with E-state index in [1.54, 1.807) is 0 Å². The standard InChI is InChI=1S/C15H28ClN3/c1-5-8-9-10-12(4)17-11-14-15(16)13(6-2)18-19(14)7-3/h12,17H,5-11H2,1-4H3. The number of aromatic nitrogens is 2. The molecule has 0 fully saturated rings. The maximum atomic E-state index is 6.40. The molecule has 0 amide bonds. The molecular weight excluding hydrogens is 258 g/mol. The lowest BCUT2D eigenvalue weighted by atomic mass is 10.1. The summed E-state index contributed by atoms with van der Waals surface area (Å²) >= 11 is 6.40. The maximum Gasteiger partial charge on any atom is 0.0863 e. The molecule has 1 unspecified atom stereocenters. The molecule has 0 saturated carbocycles. The Bertz CT molecular complexity index is 374. The van der Waals surface area contributed by atoms with Gasteiger partial charge in [-0.3, -0.25) is 4.68 Å². The zero-order valence-corrected chi connectivity index (χ0v) is 13.6. The van der Waals surface area contributed by atoms with Gasteiger partial charge in [0.2, 0.25) is 0 Å². The van der Waals surface area contributed by atoms with Crippen LogP contribution in [0.3, 0.4) is 0 Å². The van der Waals surface area contributed by atoms with Crippen molar-refractivity contribution in [3.05, 3.63) is 16.4 Å². The van der Waals surface area contributed by atoms with Crippen molar-refractivity contribution in [1.82, 2.24) is 15.1 Å². The summed E-state index contributed by atoms with van der Waals surface area (Å²) < 4.78 is 2.02. The zero-order chi connectivity index (χ0) is 14.3. The fraction of sp³-hybridized carbons (Fsp3) is 0.800. The third-order valence-electron chi connectivity index (χ3n) is 3.55. The highest BCUT2D eigenvalue weighted by Crippen LogP contribution is 2.21. The average Bonchev–Trinajstić information content (AvgIpc) is 2.72. The van der Waals surface area contributed by atoms with Crippen molar-refractivity contribution in [2.75, 3.05) is 0 Å². The van der Waals surface area contributed by atoms with Crippen molar-refractivity contribution in [3.8, 4) is 0 Å². The summed E-state index contributed by atoms with van der Waals surface area (Å²) in [5, 5.41) is 8.96. The molecule has 1 N–H and O–H groups in total. The van der Waals surface area contributed by atoms with Crippen molar-refractivity contribution >= 4 is 11.6 Å². The lowest BCUT2D eigenvalue weighted by Gasteiger charge is -2.14. The summed E-state index contributed by atoms with van der Waals surface area (Å²) in [5.41, 5.74) is 2.14. The number of aryl methyl sites for hydroxylation is 2. The third kappa shape index (κ3) is 4.81. The number of halogens is 1. The van der Waals surface area contributed by atoms with Crippen molar-refractivity contribution < 1.29 is 0 Å². The Morgan fingerprint density at radius 2 is 2.00 bits per heavy atom. The van der Waals surface area contributed by atoms with E-state index in [-0.39, 0.29) is 0 Å². The first-order valence-electron chi connectivity index (χ1n) is 7.61. The van der Waals surface area contributed by atoms with Crippen molar-refractivity contribution in [2.24, 2.45) is 0 Å². The maximum absolute atomic E-state index is 6.40. The molecule has 0 bridgehead atoms. The molecule has 0 aliphatic carbocycles. The topological polar surface area (TPSA) is 29.9 Å². The number of hydrogen-bond donors (Lipinski definition) is 1. The van der Waals surface area contributed by atoms with Gasteiger partial charge in [0.05, 0.1) is 16.4 Å². The number of nitrogens with one attached hydrogen (secondary N) is 1. The molecule has 1 aromatic rings. The number of hydrogen-bond acceptors (Lipinski definition) is 2. The molecule has 3 nitrogen and oxygen atoms in total. The van der Waals surface area contributed by atoms with Crippen LogP contribution in [0.5, 0.6) is 0 Å². The number of unbranched alkanes of at least 4 members (excludes halogenated alkanes) is 2.